The quantitative estimate of drug-likeness (QED) is 0.674. The third-order valence-corrected chi connectivity index (χ3v) is 5.26. The summed E-state index contributed by atoms with van der Waals surface area (Å²) in [6.45, 7) is 3.38. The van der Waals surface area contributed by atoms with Gasteiger partial charge >= 0.3 is 0 Å². The van der Waals surface area contributed by atoms with E-state index in [-0.39, 0.29) is 5.56 Å². The van der Waals surface area contributed by atoms with E-state index in [1.54, 1.807) is 26.4 Å². The molecule has 1 aliphatic carbocycles. The lowest BCUT2D eigenvalue weighted by molar-refractivity contribution is 0.277. The van der Waals surface area contributed by atoms with Gasteiger partial charge in [-0.3, -0.25) is 9.69 Å². The maximum atomic E-state index is 12.5. The van der Waals surface area contributed by atoms with Crippen LogP contribution in [0.2, 0.25) is 0 Å². The number of ether oxygens (including phenoxy) is 2. The van der Waals surface area contributed by atoms with Crippen molar-refractivity contribution >= 4 is 10.9 Å². The Balaban J connectivity index is 1.52. The molecule has 7 heteroatoms. The number of fused-ring (bicyclic) bond motifs is 1. The molecule has 28 heavy (non-hydrogen) atoms. The van der Waals surface area contributed by atoms with E-state index in [9.17, 15) is 4.79 Å². The maximum absolute atomic E-state index is 12.5. The molecule has 2 heterocycles. The van der Waals surface area contributed by atoms with Crippen LogP contribution in [0.15, 0.2) is 33.5 Å². The minimum atomic E-state index is -0.197. The summed E-state index contributed by atoms with van der Waals surface area (Å²) in [5.41, 5.74) is 0.380. The smallest absolute Gasteiger partial charge is 0.258 e. The number of hydrogen-bond donors (Lipinski definition) is 1. The highest BCUT2D eigenvalue weighted by Crippen LogP contribution is 2.47. The Bertz CT molecular complexity index is 1060. The molecule has 0 amide bonds. The first kappa shape index (κ1) is 18.6. The molecule has 7 nitrogen and oxygen atoms in total. The Morgan fingerprint density at radius 2 is 1.93 bits per heavy atom. The van der Waals surface area contributed by atoms with Crippen molar-refractivity contribution in [2.24, 2.45) is 5.92 Å². The summed E-state index contributed by atoms with van der Waals surface area (Å²) in [6.07, 6.45) is 1.21. The molecule has 0 unspecified atom stereocenters. The average molecular weight is 383 g/mol. The molecule has 0 spiro atoms. The van der Waals surface area contributed by atoms with Gasteiger partial charge in [-0.05, 0) is 37.6 Å². The van der Waals surface area contributed by atoms with Crippen LogP contribution < -0.4 is 15.0 Å². The summed E-state index contributed by atoms with van der Waals surface area (Å²) < 4.78 is 16.6. The van der Waals surface area contributed by atoms with Gasteiger partial charge in [-0.15, -0.1) is 0 Å². The van der Waals surface area contributed by atoms with Gasteiger partial charge in [0.1, 0.15) is 17.3 Å². The van der Waals surface area contributed by atoms with Crippen molar-refractivity contribution in [1.29, 1.82) is 0 Å². The summed E-state index contributed by atoms with van der Waals surface area (Å²) in [6, 6.07) is 7.48. The maximum Gasteiger partial charge on any atom is 0.258 e. The molecule has 4 rings (SSSR count). The fraction of sp³-hybridized carbons (Fsp3) is 0.429. The molecule has 0 bridgehead atoms. The van der Waals surface area contributed by atoms with Crippen LogP contribution in [0.5, 0.6) is 11.5 Å². The molecule has 0 radical (unpaired) electrons. The van der Waals surface area contributed by atoms with Crippen LogP contribution in [0.25, 0.3) is 10.9 Å². The van der Waals surface area contributed by atoms with Crippen LogP contribution in [-0.4, -0.2) is 36.1 Å². The lowest BCUT2D eigenvalue weighted by Gasteiger charge is -2.15. The standard InChI is InChI=1S/C21H25N3O4/c1-12-7-14(12)17-6-5-13(28-17)10-24(2)11-20-22-16-9-19(27-4)18(26-3)8-15(16)21(25)23-20/h5-6,8-9,12,14H,7,10-11H2,1-4H3,(H,22,23,25)/t12-,14-/m0/s1. The van der Waals surface area contributed by atoms with Gasteiger partial charge in [0, 0.05) is 12.0 Å². The van der Waals surface area contributed by atoms with E-state index in [0.717, 1.165) is 17.4 Å². The number of methoxy groups -OCH3 is 2. The normalized spacial score (nSPS) is 18.6. The second kappa shape index (κ2) is 7.31. The van der Waals surface area contributed by atoms with Gasteiger partial charge in [-0.1, -0.05) is 6.92 Å². The number of nitrogens with zero attached hydrogens (tertiary/aromatic N) is 2. The number of aromatic nitrogens is 2. The third-order valence-electron chi connectivity index (χ3n) is 5.26. The minimum absolute atomic E-state index is 0.197. The molecule has 1 fully saturated rings. The second-order valence-corrected chi connectivity index (χ2v) is 7.53. The number of hydrogen-bond acceptors (Lipinski definition) is 6. The number of benzene rings is 1. The molecule has 1 aliphatic rings. The highest BCUT2D eigenvalue weighted by atomic mass is 16.5. The number of H-pyrrole nitrogens is 1. The van der Waals surface area contributed by atoms with E-state index >= 15 is 0 Å². The summed E-state index contributed by atoms with van der Waals surface area (Å²) in [5.74, 6) is 4.94. The SMILES string of the molecule is COc1cc2nc(CN(C)Cc3ccc([C@H]4C[C@@H]4C)o3)[nH]c(=O)c2cc1OC. The largest absolute Gasteiger partial charge is 0.493 e. The number of aromatic amines is 1. The van der Waals surface area contributed by atoms with E-state index in [0.29, 0.717) is 47.2 Å². The van der Waals surface area contributed by atoms with Gasteiger partial charge in [-0.25, -0.2) is 4.98 Å². The summed E-state index contributed by atoms with van der Waals surface area (Å²) in [7, 11) is 5.07. The highest BCUT2D eigenvalue weighted by molar-refractivity contribution is 5.81. The molecule has 148 valence electrons. The van der Waals surface area contributed by atoms with E-state index in [4.69, 9.17) is 13.9 Å². The first-order valence-corrected chi connectivity index (χ1v) is 9.40. The lowest BCUT2D eigenvalue weighted by Crippen LogP contribution is -2.21. The monoisotopic (exact) mass is 383 g/mol. The van der Waals surface area contributed by atoms with E-state index < -0.39 is 0 Å². The molecule has 2 aromatic heterocycles. The fourth-order valence-electron chi connectivity index (χ4n) is 3.56. The van der Waals surface area contributed by atoms with Crippen molar-refractivity contribution in [2.45, 2.75) is 32.4 Å². The predicted octanol–water partition coefficient (Wildman–Crippen LogP) is 3.29. The molecule has 1 aromatic carbocycles. The Labute approximate surface area is 163 Å². The Morgan fingerprint density at radius 1 is 1.21 bits per heavy atom. The van der Waals surface area contributed by atoms with Gasteiger partial charge < -0.3 is 18.9 Å². The topological polar surface area (TPSA) is 80.6 Å². The molecule has 1 N–H and O–H groups in total. The van der Waals surface area contributed by atoms with Crippen LogP contribution in [-0.2, 0) is 13.1 Å². The van der Waals surface area contributed by atoms with Gasteiger partial charge in [0.05, 0.1) is 38.2 Å². The molecular weight excluding hydrogens is 358 g/mol. The number of nitrogens with one attached hydrogen (secondary N) is 1. The minimum Gasteiger partial charge on any atom is -0.493 e. The van der Waals surface area contributed by atoms with Gasteiger partial charge in [0.25, 0.3) is 5.56 Å². The lowest BCUT2D eigenvalue weighted by atomic mass is 10.2. The average Bonchev–Trinajstić information content (AvgIpc) is 3.22. The van der Waals surface area contributed by atoms with Crippen molar-refractivity contribution in [3.05, 3.63) is 52.0 Å². The van der Waals surface area contributed by atoms with Crippen molar-refractivity contribution in [2.75, 3.05) is 21.3 Å². The Hall–Kier alpha value is -2.80. The zero-order valence-corrected chi connectivity index (χ0v) is 16.6. The summed E-state index contributed by atoms with van der Waals surface area (Å²) in [4.78, 5) is 22.0. The van der Waals surface area contributed by atoms with E-state index in [2.05, 4.69) is 27.9 Å². The van der Waals surface area contributed by atoms with Crippen LogP contribution in [0, 0.1) is 5.92 Å². The molecule has 0 aliphatic heterocycles. The van der Waals surface area contributed by atoms with Crippen LogP contribution in [0.1, 0.15) is 36.6 Å². The number of rotatable bonds is 7. The fourth-order valence-corrected chi connectivity index (χ4v) is 3.56. The zero-order valence-electron chi connectivity index (χ0n) is 16.6. The summed E-state index contributed by atoms with van der Waals surface area (Å²) >= 11 is 0. The van der Waals surface area contributed by atoms with Gasteiger partial charge in [-0.2, -0.15) is 0 Å². The van der Waals surface area contributed by atoms with Gasteiger partial charge in [0.2, 0.25) is 0 Å². The molecule has 1 saturated carbocycles. The summed E-state index contributed by atoms with van der Waals surface area (Å²) in [5, 5.41) is 0.471. The number of furan rings is 1. The van der Waals surface area contributed by atoms with E-state index in [1.165, 1.54) is 6.42 Å². The van der Waals surface area contributed by atoms with Crippen molar-refractivity contribution in [3.63, 3.8) is 0 Å². The second-order valence-electron chi connectivity index (χ2n) is 7.53. The van der Waals surface area contributed by atoms with Crippen LogP contribution in [0.3, 0.4) is 0 Å². The van der Waals surface area contributed by atoms with Crippen molar-refractivity contribution in [1.82, 2.24) is 14.9 Å². The highest BCUT2D eigenvalue weighted by Gasteiger charge is 2.36. The van der Waals surface area contributed by atoms with Crippen molar-refractivity contribution < 1.29 is 13.9 Å². The molecular formula is C21H25N3O4. The Morgan fingerprint density at radius 3 is 2.61 bits per heavy atom. The van der Waals surface area contributed by atoms with Crippen LogP contribution >= 0.6 is 0 Å². The predicted molar refractivity (Wildman–Crippen MR) is 106 cm³/mol. The molecule has 2 atom stereocenters. The molecule has 3 aromatic rings. The Kier molecular flexibility index (Phi) is 4.85. The third kappa shape index (κ3) is 3.62. The van der Waals surface area contributed by atoms with E-state index in [1.807, 2.05) is 13.1 Å². The van der Waals surface area contributed by atoms with Crippen molar-refractivity contribution in [3.8, 4) is 11.5 Å². The first-order valence-electron chi connectivity index (χ1n) is 9.40. The first-order chi connectivity index (χ1) is 13.5. The zero-order chi connectivity index (χ0) is 19.8. The van der Waals surface area contributed by atoms with Crippen LogP contribution in [0.4, 0.5) is 0 Å². The molecule has 0 saturated heterocycles. The van der Waals surface area contributed by atoms with Gasteiger partial charge in [0.15, 0.2) is 11.5 Å².